The SMILES string of the molecule is CCCC(C)c1ccccc1OP(=S)(Oc1ccccc1C(C)CCC)SCc1ccccc1. The van der Waals surface area contributed by atoms with Crippen LogP contribution in [0.2, 0.25) is 0 Å². The minimum atomic E-state index is -2.75. The second-order valence-electron chi connectivity index (χ2n) is 8.84. The van der Waals surface area contributed by atoms with E-state index < -0.39 is 5.69 Å². The van der Waals surface area contributed by atoms with Crippen LogP contribution in [0.1, 0.15) is 81.9 Å². The smallest absolute Gasteiger partial charge is 0.348 e. The van der Waals surface area contributed by atoms with E-state index in [0.717, 1.165) is 42.9 Å². The molecule has 2 atom stereocenters. The average Bonchev–Trinajstić information content (AvgIpc) is 2.84. The molecular weight excluding hydrogens is 475 g/mol. The first-order chi connectivity index (χ1) is 16.5. The Balaban J connectivity index is 1.94. The predicted molar refractivity (Wildman–Crippen MR) is 153 cm³/mol. The van der Waals surface area contributed by atoms with Gasteiger partial charge in [-0.25, -0.2) is 0 Å². The van der Waals surface area contributed by atoms with E-state index in [1.807, 2.05) is 30.3 Å². The van der Waals surface area contributed by atoms with Crippen LogP contribution < -0.4 is 9.05 Å². The van der Waals surface area contributed by atoms with Crippen LogP contribution in [-0.4, -0.2) is 0 Å². The third-order valence-electron chi connectivity index (χ3n) is 6.00. The van der Waals surface area contributed by atoms with Gasteiger partial charge in [-0.3, -0.25) is 0 Å². The van der Waals surface area contributed by atoms with Crippen molar-refractivity contribution in [2.45, 2.75) is 71.0 Å². The van der Waals surface area contributed by atoms with Gasteiger partial charge < -0.3 is 9.05 Å². The van der Waals surface area contributed by atoms with Gasteiger partial charge in [0.2, 0.25) is 0 Å². The molecule has 0 bridgehead atoms. The highest BCUT2D eigenvalue weighted by Crippen LogP contribution is 2.62. The van der Waals surface area contributed by atoms with Gasteiger partial charge in [0.1, 0.15) is 11.5 Å². The highest BCUT2D eigenvalue weighted by atomic mass is 32.9. The molecular formula is C29H37O2PS2. The van der Waals surface area contributed by atoms with Crippen LogP contribution in [-0.2, 0) is 17.6 Å². The predicted octanol–water partition coefficient (Wildman–Crippen LogP) is 10.1. The Morgan fingerprint density at radius 1 is 0.706 bits per heavy atom. The molecule has 0 aliphatic heterocycles. The van der Waals surface area contributed by atoms with E-state index in [0.29, 0.717) is 11.8 Å². The largest absolute Gasteiger partial charge is 0.428 e. The molecule has 0 saturated carbocycles. The van der Waals surface area contributed by atoms with E-state index in [-0.39, 0.29) is 0 Å². The zero-order chi connectivity index (χ0) is 24.4. The van der Waals surface area contributed by atoms with Gasteiger partial charge in [0.25, 0.3) is 0 Å². The van der Waals surface area contributed by atoms with Crippen LogP contribution in [0.5, 0.6) is 11.5 Å². The maximum Gasteiger partial charge on any atom is 0.348 e. The van der Waals surface area contributed by atoms with Gasteiger partial charge in [-0.15, -0.1) is 0 Å². The molecule has 0 amide bonds. The molecule has 2 nitrogen and oxygen atoms in total. The maximum absolute atomic E-state index is 6.69. The fraction of sp³-hybridized carbons (Fsp3) is 0.379. The molecule has 182 valence electrons. The summed E-state index contributed by atoms with van der Waals surface area (Å²) in [7, 11) is 0. The van der Waals surface area contributed by atoms with Gasteiger partial charge in [-0.2, -0.15) is 0 Å². The summed E-state index contributed by atoms with van der Waals surface area (Å²) in [4.78, 5) is 0. The van der Waals surface area contributed by atoms with Gasteiger partial charge in [-0.1, -0.05) is 107 Å². The van der Waals surface area contributed by atoms with Crippen LogP contribution in [0.4, 0.5) is 0 Å². The number of benzene rings is 3. The molecule has 0 saturated heterocycles. The van der Waals surface area contributed by atoms with Crippen molar-refractivity contribution in [3.05, 3.63) is 95.6 Å². The van der Waals surface area contributed by atoms with Crippen molar-refractivity contribution in [2.75, 3.05) is 0 Å². The number of rotatable bonds is 13. The van der Waals surface area contributed by atoms with Gasteiger partial charge in [0.15, 0.2) is 0 Å². The van der Waals surface area contributed by atoms with Crippen molar-refractivity contribution in [3.8, 4) is 11.5 Å². The van der Waals surface area contributed by atoms with Crippen molar-refractivity contribution in [1.29, 1.82) is 0 Å². The van der Waals surface area contributed by atoms with Crippen molar-refractivity contribution in [3.63, 3.8) is 0 Å². The molecule has 3 aromatic rings. The van der Waals surface area contributed by atoms with Gasteiger partial charge >= 0.3 is 5.69 Å². The number of hydrogen-bond acceptors (Lipinski definition) is 4. The first kappa shape index (κ1) is 26.9. The monoisotopic (exact) mass is 512 g/mol. The average molecular weight is 513 g/mol. The maximum atomic E-state index is 6.69. The Morgan fingerprint density at radius 2 is 1.15 bits per heavy atom. The summed E-state index contributed by atoms with van der Waals surface area (Å²) in [6.45, 7) is 8.96. The first-order valence-electron chi connectivity index (χ1n) is 12.3. The second-order valence-corrected chi connectivity index (χ2v) is 15.0. The van der Waals surface area contributed by atoms with E-state index in [2.05, 4.69) is 76.2 Å². The number of hydrogen-bond donors (Lipinski definition) is 0. The van der Waals surface area contributed by atoms with Crippen molar-refractivity contribution in [1.82, 2.24) is 0 Å². The molecule has 0 fully saturated rings. The van der Waals surface area contributed by atoms with E-state index in [1.165, 1.54) is 16.7 Å². The van der Waals surface area contributed by atoms with E-state index >= 15 is 0 Å². The summed E-state index contributed by atoms with van der Waals surface area (Å²) >= 11 is 7.83. The molecule has 3 rings (SSSR count). The van der Waals surface area contributed by atoms with E-state index in [1.54, 1.807) is 11.4 Å². The summed E-state index contributed by atoms with van der Waals surface area (Å²) in [5.41, 5.74) is 0.875. The summed E-state index contributed by atoms with van der Waals surface area (Å²) in [5, 5.41) is 0. The second kappa shape index (κ2) is 13.4. The van der Waals surface area contributed by atoms with Crippen LogP contribution in [0.25, 0.3) is 0 Å². The molecule has 0 aromatic heterocycles. The van der Waals surface area contributed by atoms with Crippen LogP contribution in [0, 0.1) is 0 Å². The lowest BCUT2D eigenvalue weighted by Gasteiger charge is -2.27. The first-order valence-corrected chi connectivity index (χ1v) is 16.5. The van der Waals surface area contributed by atoms with Crippen molar-refractivity contribution >= 4 is 28.9 Å². The Bertz CT molecular complexity index is 1010. The quantitative estimate of drug-likeness (QED) is 0.212. The standard InChI is InChI=1S/C29H37O2PS2/c1-5-14-23(3)26-18-10-12-20-28(26)30-32(33,34-22-25-16-8-7-9-17-25)31-29-21-13-11-19-27(29)24(4)15-6-2/h7-13,16-21,23-24H,5-6,14-15,22H2,1-4H3. The van der Waals surface area contributed by atoms with Crippen molar-refractivity contribution < 1.29 is 9.05 Å². The normalized spacial score (nSPS) is 14.7. The van der Waals surface area contributed by atoms with E-state index in [9.17, 15) is 0 Å². The Labute approximate surface area is 215 Å². The fourth-order valence-electron chi connectivity index (χ4n) is 4.16. The lowest BCUT2D eigenvalue weighted by molar-refractivity contribution is 0.489. The minimum Gasteiger partial charge on any atom is -0.428 e. The Hall–Kier alpha value is -1.74. The van der Waals surface area contributed by atoms with Gasteiger partial charge in [0.05, 0.1) is 0 Å². The highest BCUT2D eigenvalue weighted by molar-refractivity contribution is 8.67. The summed E-state index contributed by atoms with van der Waals surface area (Å²) < 4.78 is 13.4. The zero-order valence-corrected chi connectivity index (χ0v) is 23.3. The minimum absolute atomic E-state index is 0.403. The summed E-state index contributed by atoms with van der Waals surface area (Å²) in [5.74, 6) is 3.26. The molecule has 0 aliphatic carbocycles. The van der Waals surface area contributed by atoms with Crippen LogP contribution in [0.15, 0.2) is 78.9 Å². The highest BCUT2D eigenvalue weighted by Gasteiger charge is 2.27. The van der Waals surface area contributed by atoms with Gasteiger partial charge in [0, 0.05) is 5.75 Å². The zero-order valence-electron chi connectivity index (χ0n) is 20.8. The fourth-order valence-corrected chi connectivity index (χ4v) is 8.29. The van der Waals surface area contributed by atoms with E-state index in [4.69, 9.17) is 20.9 Å². The molecule has 0 N–H and O–H groups in total. The third kappa shape index (κ3) is 7.63. The van der Waals surface area contributed by atoms with Gasteiger partial charge in [-0.05, 0) is 76.7 Å². The van der Waals surface area contributed by atoms with Crippen molar-refractivity contribution in [2.24, 2.45) is 0 Å². The topological polar surface area (TPSA) is 18.5 Å². The lowest BCUT2D eigenvalue weighted by atomic mass is 9.96. The molecule has 2 unspecified atom stereocenters. The molecule has 0 spiro atoms. The molecule has 5 heteroatoms. The Kier molecular flexibility index (Phi) is 10.6. The van der Waals surface area contributed by atoms with Crippen LogP contribution in [0.3, 0.4) is 0 Å². The molecule has 0 radical (unpaired) electrons. The Morgan fingerprint density at radius 3 is 1.62 bits per heavy atom. The third-order valence-corrected chi connectivity index (χ3v) is 10.8. The summed E-state index contributed by atoms with van der Waals surface area (Å²) in [6, 6.07) is 27.0. The molecule has 0 heterocycles. The lowest BCUT2D eigenvalue weighted by Crippen LogP contribution is -2.04. The molecule has 3 aromatic carbocycles. The van der Waals surface area contributed by atoms with Crippen LogP contribution >= 0.6 is 17.1 Å². The molecule has 34 heavy (non-hydrogen) atoms. The summed E-state index contributed by atoms with van der Waals surface area (Å²) in [6.07, 6.45) is 4.48. The number of para-hydroxylation sites is 2. The molecule has 0 aliphatic rings.